The predicted molar refractivity (Wildman–Crippen MR) is 71.8 cm³/mol. The third-order valence-corrected chi connectivity index (χ3v) is 3.70. The molecule has 0 saturated carbocycles. The van der Waals surface area contributed by atoms with Crippen LogP contribution in [0.5, 0.6) is 0 Å². The maximum Gasteiger partial charge on any atom is 0.328 e. The third-order valence-electron chi connectivity index (χ3n) is 2.76. The number of thiophene rings is 1. The molecule has 94 valence electrons. The summed E-state index contributed by atoms with van der Waals surface area (Å²) in [5, 5.41) is 10.5. The van der Waals surface area contributed by atoms with Crippen LogP contribution in [0, 0.1) is 13.8 Å². The lowest BCUT2D eigenvalue weighted by Crippen LogP contribution is -1.98. The number of hydrogen-bond donors (Lipinski definition) is 1. The van der Waals surface area contributed by atoms with Gasteiger partial charge in [0.25, 0.3) is 0 Å². The molecule has 0 bridgehead atoms. The van der Waals surface area contributed by atoms with Crippen molar-refractivity contribution in [1.82, 2.24) is 9.55 Å². The Bertz CT molecular complexity index is 596. The van der Waals surface area contributed by atoms with E-state index in [2.05, 4.69) is 9.55 Å². The number of aryl methyl sites for hydroxylation is 1. The zero-order chi connectivity index (χ0) is 13.1. The van der Waals surface area contributed by atoms with E-state index in [0.29, 0.717) is 0 Å². The molecule has 0 atom stereocenters. The van der Waals surface area contributed by atoms with E-state index in [9.17, 15) is 4.79 Å². The van der Waals surface area contributed by atoms with E-state index in [-0.39, 0.29) is 0 Å². The number of carboxylic acids is 1. The van der Waals surface area contributed by atoms with E-state index in [1.54, 1.807) is 17.4 Å². The Balaban J connectivity index is 2.11. The Hall–Kier alpha value is -1.88. The van der Waals surface area contributed by atoms with E-state index in [1.165, 1.54) is 4.88 Å². The number of aliphatic carboxylic acids is 1. The van der Waals surface area contributed by atoms with Gasteiger partial charge in [0, 0.05) is 16.6 Å². The molecule has 0 aliphatic rings. The Morgan fingerprint density at radius 3 is 2.94 bits per heavy atom. The number of rotatable bonds is 4. The fraction of sp³-hybridized carbons (Fsp3) is 0.231. The van der Waals surface area contributed by atoms with Gasteiger partial charge < -0.3 is 9.67 Å². The Kier molecular flexibility index (Phi) is 3.62. The molecule has 0 aliphatic carbocycles. The highest BCUT2D eigenvalue weighted by Crippen LogP contribution is 2.18. The Morgan fingerprint density at radius 1 is 1.56 bits per heavy atom. The number of hydrogen-bond acceptors (Lipinski definition) is 3. The van der Waals surface area contributed by atoms with Crippen molar-refractivity contribution in [3.63, 3.8) is 0 Å². The number of aromatic nitrogens is 2. The first-order chi connectivity index (χ1) is 8.56. The molecule has 0 amide bonds. The van der Waals surface area contributed by atoms with E-state index < -0.39 is 5.97 Å². The smallest absolute Gasteiger partial charge is 0.328 e. The van der Waals surface area contributed by atoms with Gasteiger partial charge in [0.15, 0.2) is 0 Å². The van der Waals surface area contributed by atoms with Gasteiger partial charge in [-0.05, 0) is 36.9 Å². The molecule has 2 rings (SSSR count). The van der Waals surface area contributed by atoms with Crippen LogP contribution in [0.1, 0.15) is 21.8 Å². The summed E-state index contributed by atoms with van der Waals surface area (Å²) in [7, 11) is 0. The van der Waals surface area contributed by atoms with Crippen molar-refractivity contribution in [3.05, 3.63) is 45.7 Å². The third kappa shape index (κ3) is 2.87. The van der Waals surface area contributed by atoms with Crippen LogP contribution in [0.15, 0.2) is 23.8 Å². The van der Waals surface area contributed by atoms with E-state index in [0.717, 1.165) is 29.6 Å². The van der Waals surface area contributed by atoms with Gasteiger partial charge in [-0.3, -0.25) is 0 Å². The average molecular weight is 262 g/mol. The number of imidazole rings is 1. The molecule has 2 aromatic heterocycles. The number of nitrogens with zero attached hydrogens (tertiary/aromatic N) is 2. The molecule has 1 N–H and O–H groups in total. The monoisotopic (exact) mass is 262 g/mol. The van der Waals surface area contributed by atoms with E-state index in [4.69, 9.17) is 5.11 Å². The maximum atomic E-state index is 10.4. The lowest BCUT2D eigenvalue weighted by atomic mass is 10.3. The van der Waals surface area contributed by atoms with Crippen LogP contribution >= 0.6 is 11.3 Å². The summed E-state index contributed by atoms with van der Waals surface area (Å²) >= 11 is 1.62. The lowest BCUT2D eigenvalue weighted by Gasteiger charge is -2.02. The van der Waals surface area contributed by atoms with Crippen molar-refractivity contribution in [3.8, 4) is 0 Å². The summed E-state index contributed by atoms with van der Waals surface area (Å²) in [6.45, 7) is 4.81. The summed E-state index contributed by atoms with van der Waals surface area (Å²) in [5.74, 6) is -0.927. The zero-order valence-electron chi connectivity index (χ0n) is 10.3. The van der Waals surface area contributed by atoms with Crippen LogP contribution in [0.25, 0.3) is 6.08 Å². The molecule has 5 heteroatoms. The molecule has 18 heavy (non-hydrogen) atoms. The standard InChI is InChI=1S/C13H14N2O2S/c1-9-10(2)15(8-14-9)6-12-5-11(7-18-12)3-4-13(16)17/h3-5,7-8H,6H2,1-2H3,(H,16,17). The average Bonchev–Trinajstić information content (AvgIpc) is 2.89. The van der Waals surface area contributed by atoms with E-state index in [1.807, 2.05) is 31.6 Å². The number of carbonyl (C=O) groups is 1. The van der Waals surface area contributed by atoms with E-state index >= 15 is 0 Å². The summed E-state index contributed by atoms with van der Waals surface area (Å²) < 4.78 is 2.09. The minimum atomic E-state index is -0.927. The molecule has 0 fully saturated rings. The molecule has 2 aromatic rings. The maximum absolute atomic E-state index is 10.4. The van der Waals surface area contributed by atoms with Gasteiger partial charge in [-0.2, -0.15) is 0 Å². The van der Waals surface area contributed by atoms with Gasteiger partial charge in [0.2, 0.25) is 0 Å². The van der Waals surface area contributed by atoms with Crippen LogP contribution < -0.4 is 0 Å². The Morgan fingerprint density at radius 2 is 2.33 bits per heavy atom. The second kappa shape index (κ2) is 5.18. The summed E-state index contributed by atoms with van der Waals surface area (Å²) in [4.78, 5) is 15.9. The molecule has 0 saturated heterocycles. The molecule has 0 spiro atoms. The summed E-state index contributed by atoms with van der Waals surface area (Å²) in [5.41, 5.74) is 3.12. The van der Waals surface area contributed by atoms with Crippen LogP contribution in [0.4, 0.5) is 0 Å². The van der Waals surface area contributed by atoms with Crippen molar-refractivity contribution in [1.29, 1.82) is 0 Å². The lowest BCUT2D eigenvalue weighted by molar-refractivity contribution is -0.131. The Labute approximate surface area is 109 Å². The highest BCUT2D eigenvalue weighted by molar-refractivity contribution is 7.10. The van der Waals surface area contributed by atoms with Crippen molar-refractivity contribution >= 4 is 23.4 Å². The summed E-state index contributed by atoms with van der Waals surface area (Å²) in [6, 6.07) is 2.00. The first-order valence-corrected chi connectivity index (χ1v) is 6.41. The van der Waals surface area contributed by atoms with Gasteiger partial charge >= 0.3 is 5.97 Å². The van der Waals surface area contributed by atoms with Gasteiger partial charge in [-0.25, -0.2) is 9.78 Å². The second-order valence-corrected chi connectivity index (χ2v) is 5.06. The highest BCUT2D eigenvalue weighted by Gasteiger charge is 2.04. The second-order valence-electron chi connectivity index (χ2n) is 4.06. The molecule has 0 radical (unpaired) electrons. The number of carboxylic acid groups (broad SMARTS) is 1. The zero-order valence-corrected chi connectivity index (χ0v) is 11.1. The van der Waals surface area contributed by atoms with Crippen LogP contribution in [-0.4, -0.2) is 20.6 Å². The summed E-state index contributed by atoms with van der Waals surface area (Å²) in [6.07, 6.45) is 4.59. The van der Waals surface area contributed by atoms with Crippen molar-refractivity contribution in [2.75, 3.05) is 0 Å². The van der Waals surface area contributed by atoms with Crippen LogP contribution in [0.2, 0.25) is 0 Å². The molecule has 0 aromatic carbocycles. The van der Waals surface area contributed by atoms with Crippen LogP contribution in [0.3, 0.4) is 0 Å². The fourth-order valence-electron chi connectivity index (χ4n) is 1.61. The predicted octanol–water partition coefficient (Wildman–Crippen LogP) is 2.71. The van der Waals surface area contributed by atoms with Gasteiger partial charge in [-0.15, -0.1) is 11.3 Å². The molecule has 4 nitrogen and oxygen atoms in total. The van der Waals surface area contributed by atoms with Crippen molar-refractivity contribution in [2.45, 2.75) is 20.4 Å². The minimum absolute atomic E-state index is 0.776. The quantitative estimate of drug-likeness (QED) is 0.862. The van der Waals surface area contributed by atoms with Crippen molar-refractivity contribution in [2.24, 2.45) is 0 Å². The van der Waals surface area contributed by atoms with Gasteiger partial charge in [0.05, 0.1) is 18.6 Å². The van der Waals surface area contributed by atoms with Crippen molar-refractivity contribution < 1.29 is 9.90 Å². The molecular formula is C13H14N2O2S. The SMILES string of the molecule is Cc1ncn(Cc2cc(C=CC(=O)O)cs2)c1C. The fourth-order valence-corrected chi connectivity index (χ4v) is 2.46. The first kappa shape index (κ1) is 12.6. The molecule has 0 unspecified atom stereocenters. The minimum Gasteiger partial charge on any atom is -0.478 e. The molecule has 0 aliphatic heterocycles. The normalized spacial score (nSPS) is 11.2. The largest absolute Gasteiger partial charge is 0.478 e. The molecular weight excluding hydrogens is 248 g/mol. The van der Waals surface area contributed by atoms with Gasteiger partial charge in [0.1, 0.15) is 0 Å². The topological polar surface area (TPSA) is 55.1 Å². The molecule has 2 heterocycles. The highest BCUT2D eigenvalue weighted by atomic mass is 32.1. The van der Waals surface area contributed by atoms with Gasteiger partial charge in [-0.1, -0.05) is 0 Å². The first-order valence-electron chi connectivity index (χ1n) is 5.53. The van der Waals surface area contributed by atoms with Crippen LogP contribution in [-0.2, 0) is 11.3 Å².